The summed E-state index contributed by atoms with van der Waals surface area (Å²) in [5.41, 5.74) is 6.72. The first kappa shape index (κ1) is 11.5. The van der Waals surface area contributed by atoms with Crippen molar-refractivity contribution in [2.45, 2.75) is 19.3 Å². The lowest BCUT2D eigenvalue weighted by Gasteiger charge is -2.26. The van der Waals surface area contributed by atoms with Gasteiger partial charge in [0.25, 0.3) is 5.91 Å². The van der Waals surface area contributed by atoms with Gasteiger partial charge in [-0.1, -0.05) is 22.4 Å². The number of hydrogen-bond acceptors (Lipinski definition) is 2. The highest BCUT2D eigenvalue weighted by Crippen LogP contribution is 2.27. The van der Waals surface area contributed by atoms with Crippen LogP contribution in [0.15, 0.2) is 22.7 Å². The molecule has 0 bridgehead atoms. The molecule has 3 N–H and O–H groups in total. The highest BCUT2D eigenvalue weighted by atomic mass is 79.9. The number of primary amides is 1. The van der Waals surface area contributed by atoms with Crippen LogP contribution in [-0.2, 0) is 0 Å². The van der Waals surface area contributed by atoms with Crippen molar-refractivity contribution in [1.82, 2.24) is 0 Å². The summed E-state index contributed by atoms with van der Waals surface area (Å²) in [4.78, 5) is 11.3. The van der Waals surface area contributed by atoms with Crippen LogP contribution in [0.5, 0.6) is 0 Å². The van der Waals surface area contributed by atoms with Crippen LogP contribution < -0.4 is 11.1 Å². The average Bonchev–Trinajstić information content (AvgIpc) is 2.17. The standard InChI is InChI=1S/C12H15BrN2O/c13-9-4-5-11(10(6-9)12(14)16)15-7-8-2-1-3-8/h4-6,8,15H,1-3,7H2,(H2,14,16). The fourth-order valence-corrected chi connectivity index (χ4v) is 2.19. The smallest absolute Gasteiger partial charge is 0.250 e. The van der Waals surface area contributed by atoms with E-state index >= 15 is 0 Å². The van der Waals surface area contributed by atoms with E-state index in [2.05, 4.69) is 21.2 Å². The molecule has 0 heterocycles. The van der Waals surface area contributed by atoms with Crippen molar-refractivity contribution in [1.29, 1.82) is 0 Å². The Kier molecular flexibility index (Phi) is 3.49. The maximum Gasteiger partial charge on any atom is 0.250 e. The van der Waals surface area contributed by atoms with E-state index < -0.39 is 5.91 Å². The Morgan fingerprint density at radius 3 is 2.81 bits per heavy atom. The first-order valence-corrected chi connectivity index (χ1v) is 6.29. The molecule has 86 valence electrons. The average molecular weight is 283 g/mol. The molecule has 0 aromatic heterocycles. The summed E-state index contributed by atoms with van der Waals surface area (Å²) in [7, 11) is 0. The Morgan fingerprint density at radius 1 is 1.50 bits per heavy atom. The van der Waals surface area contributed by atoms with Crippen LogP contribution in [0.2, 0.25) is 0 Å². The predicted octanol–water partition coefficient (Wildman–Crippen LogP) is 2.76. The molecule has 0 atom stereocenters. The minimum Gasteiger partial charge on any atom is -0.384 e. The van der Waals surface area contributed by atoms with Gasteiger partial charge in [-0.05, 0) is 37.0 Å². The van der Waals surface area contributed by atoms with Gasteiger partial charge in [0.1, 0.15) is 0 Å². The second kappa shape index (κ2) is 4.87. The minimum atomic E-state index is -0.391. The number of carbonyl (C=O) groups excluding carboxylic acids is 1. The van der Waals surface area contributed by atoms with Crippen molar-refractivity contribution in [3.8, 4) is 0 Å². The van der Waals surface area contributed by atoms with Crippen molar-refractivity contribution in [3.05, 3.63) is 28.2 Å². The van der Waals surface area contributed by atoms with Crippen LogP contribution in [0.4, 0.5) is 5.69 Å². The number of halogens is 1. The molecule has 4 heteroatoms. The third-order valence-corrected chi connectivity index (χ3v) is 3.55. The number of benzene rings is 1. The Bertz CT molecular complexity index is 402. The maximum absolute atomic E-state index is 11.3. The largest absolute Gasteiger partial charge is 0.384 e. The molecule has 0 radical (unpaired) electrons. The van der Waals surface area contributed by atoms with Crippen LogP contribution in [-0.4, -0.2) is 12.5 Å². The molecular formula is C12H15BrN2O. The summed E-state index contributed by atoms with van der Waals surface area (Å²) in [5.74, 6) is 0.363. The third kappa shape index (κ3) is 2.55. The number of carbonyl (C=O) groups is 1. The first-order chi connectivity index (χ1) is 7.66. The van der Waals surface area contributed by atoms with Gasteiger partial charge in [-0.25, -0.2) is 0 Å². The minimum absolute atomic E-state index is 0.391. The van der Waals surface area contributed by atoms with Gasteiger partial charge in [0, 0.05) is 16.7 Å². The van der Waals surface area contributed by atoms with Gasteiger partial charge >= 0.3 is 0 Å². The Balaban J connectivity index is 2.08. The van der Waals surface area contributed by atoms with E-state index in [1.165, 1.54) is 19.3 Å². The number of nitrogens with one attached hydrogen (secondary N) is 1. The predicted molar refractivity (Wildman–Crippen MR) is 68.5 cm³/mol. The fraction of sp³-hybridized carbons (Fsp3) is 0.417. The first-order valence-electron chi connectivity index (χ1n) is 5.50. The number of anilines is 1. The molecule has 0 aliphatic heterocycles. The quantitative estimate of drug-likeness (QED) is 0.892. The molecule has 1 aliphatic carbocycles. The number of rotatable bonds is 4. The third-order valence-electron chi connectivity index (χ3n) is 3.05. The summed E-state index contributed by atoms with van der Waals surface area (Å²) < 4.78 is 0.871. The molecule has 3 nitrogen and oxygen atoms in total. The molecule has 1 aromatic rings. The second-order valence-corrected chi connectivity index (χ2v) is 5.15. The number of hydrogen-bond donors (Lipinski definition) is 2. The Morgan fingerprint density at radius 2 is 2.25 bits per heavy atom. The van der Waals surface area contributed by atoms with Gasteiger partial charge in [0.05, 0.1) is 5.56 Å². The molecule has 1 saturated carbocycles. The zero-order chi connectivity index (χ0) is 11.5. The van der Waals surface area contributed by atoms with Crippen LogP contribution in [0, 0.1) is 5.92 Å². The molecule has 16 heavy (non-hydrogen) atoms. The van der Waals surface area contributed by atoms with Crippen molar-refractivity contribution in [3.63, 3.8) is 0 Å². The van der Waals surface area contributed by atoms with Gasteiger partial charge in [-0.2, -0.15) is 0 Å². The zero-order valence-electron chi connectivity index (χ0n) is 9.00. The molecule has 0 spiro atoms. The number of nitrogens with two attached hydrogens (primary N) is 1. The lowest BCUT2D eigenvalue weighted by molar-refractivity contribution is 0.100. The van der Waals surface area contributed by atoms with Crippen molar-refractivity contribution < 1.29 is 4.79 Å². The highest BCUT2D eigenvalue weighted by Gasteiger charge is 2.17. The monoisotopic (exact) mass is 282 g/mol. The molecule has 0 unspecified atom stereocenters. The molecule has 1 amide bonds. The van der Waals surface area contributed by atoms with Crippen LogP contribution >= 0.6 is 15.9 Å². The van der Waals surface area contributed by atoms with Crippen molar-refractivity contribution >= 4 is 27.5 Å². The molecule has 1 fully saturated rings. The van der Waals surface area contributed by atoms with Gasteiger partial charge < -0.3 is 11.1 Å². The van der Waals surface area contributed by atoms with E-state index in [9.17, 15) is 4.79 Å². The van der Waals surface area contributed by atoms with E-state index in [4.69, 9.17) is 5.73 Å². The fourth-order valence-electron chi connectivity index (χ4n) is 1.83. The van der Waals surface area contributed by atoms with E-state index in [0.29, 0.717) is 5.56 Å². The molecule has 0 saturated heterocycles. The summed E-state index contributed by atoms with van der Waals surface area (Å²) in [6, 6.07) is 5.56. The molecule has 2 rings (SSSR count). The Labute approximate surface area is 104 Å². The van der Waals surface area contributed by atoms with Crippen LogP contribution in [0.3, 0.4) is 0 Å². The number of amides is 1. The topological polar surface area (TPSA) is 55.1 Å². The highest BCUT2D eigenvalue weighted by molar-refractivity contribution is 9.10. The van der Waals surface area contributed by atoms with Gasteiger partial charge in [0.2, 0.25) is 0 Å². The second-order valence-electron chi connectivity index (χ2n) is 4.23. The molecule has 1 aromatic carbocycles. The van der Waals surface area contributed by atoms with Crippen LogP contribution in [0.1, 0.15) is 29.6 Å². The molecular weight excluding hydrogens is 268 g/mol. The van der Waals surface area contributed by atoms with E-state index in [0.717, 1.165) is 22.6 Å². The lowest BCUT2D eigenvalue weighted by Crippen LogP contribution is -2.22. The lowest BCUT2D eigenvalue weighted by atomic mass is 9.85. The van der Waals surface area contributed by atoms with Crippen LogP contribution in [0.25, 0.3) is 0 Å². The van der Waals surface area contributed by atoms with E-state index in [1.807, 2.05) is 12.1 Å². The summed E-state index contributed by atoms with van der Waals surface area (Å²) >= 11 is 3.33. The summed E-state index contributed by atoms with van der Waals surface area (Å²) in [5, 5.41) is 3.30. The summed E-state index contributed by atoms with van der Waals surface area (Å²) in [6.07, 6.45) is 3.90. The van der Waals surface area contributed by atoms with Crippen molar-refractivity contribution in [2.75, 3.05) is 11.9 Å². The SMILES string of the molecule is NC(=O)c1cc(Br)ccc1NCC1CCC1. The van der Waals surface area contributed by atoms with Gasteiger partial charge in [-0.15, -0.1) is 0 Å². The van der Waals surface area contributed by atoms with Gasteiger partial charge in [-0.3, -0.25) is 4.79 Å². The van der Waals surface area contributed by atoms with E-state index in [1.54, 1.807) is 6.07 Å². The summed E-state index contributed by atoms with van der Waals surface area (Å²) in [6.45, 7) is 0.932. The Hall–Kier alpha value is -1.03. The van der Waals surface area contributed by atoms with Crippen molar-refractivity contribution in [2.24, 2.45) is 11.7 Å². The molecule has 1 aliphatic rings. The van der Waals surface area contributed by atoms with E-state index in [-0.39, 0.29) is 0 Å². The van der Waals surface area contributed by atoms with Gasteiger partial charge in [0.15, 0.2) is 0 Å². The normalized spacial score (nSPS) is 15.6. The zero-order valence-corrected chi connectivity index (χ0v) is 10.6. The maximum atomic E-state index is 11.3.